The lowest BCUT2D eigenvalue weighted by Crippen LogP contribution is -2.36. The molecule has 6 heteroatoms. The third-order valence-corrected chi connectivity index (χ3v) is 6.81. The maximum absolute atomic E-state index is 7.64. The summed E-state index contributed by atoms with van der Waals surface area (Å²) in [6, 6.07) is 6.95. The Bertz CT molecular complexity index is 869. The lowest BCUT2D eigenvalue weighted by molar-refractivity contribution is 0.519. The van der Waals surface area contributed by atoms with Crippen LogP contribution in [0.1, 0.15) is 55.8 Å². The molecule has 0 aliphatic heterocycles. The second kappa shape index (κ2) is 12.0. The van der Waals surface area contributed by atoms with E-state index >= 15 is 0 Å². The van der Waals surface area contributed by atoms with Crippen LogP contribution in [0.5, 0.6) is 0 Å². The Morgan fingerprint density at radius 3 is 2.48 bits per heavy atom. The zero-order valence-corrected chi connectivity index (χ0v) is 20.3. The SMILES string of the molecule is C=C(NS(=C)N(C)C)C(NC1C=CC(C(=N)N)=CC1)c1ccc(CCC)c(CCC)c1. The maximum Gasteiger partial charge on any atom is 0.122 e. The van der Waals surface area contributed by atoms with Crippen LogP contribution in [0.4, 0.5) is 0 Å². The first-order valence-corrected chi connectivity index (χ1v) is 12.4. The van der Waals surface area contributed by atoms with Crippen molar-refractivity contribution in [1.29, 1.82) is 5.41 Å². The van der Waals surface area contributed by atoms with Gasteiger partial charge in [0, 0.05) is 17.3 Å². The molecular formula is C25H39N5S. The van der Waals surface area contributed by atoms with Gasteiger partial charge in [0.25, 0.3) is 0 Å². The molecule has 0 spiro atoms. The van der Waals surface area contributed by atoms with Gasteiger partial charge in [0.05, 0.1) is 6.04 Å². The largest absolute Gasteiger partial charge is 0.384 e. The molecule has 5 N–H and O–H groups in total. The van der Waals surface area contributed by atoms with Gasteiger partial charge in [-0.15, -0.1) is 0 Å². The molecule has 0 radical (unpaired) electrons. The van der Waals surface area contributed by atoms with Crippen molar-refractivity contribution >= 4 is 22.6 Å². The molecule has 0 bridgehead atoms. The first-order valence-electron chi connectivity index (χ1n) is 11.0. The molecule has 5 nitrogen and oxygen atoms in total. The summed E-state index contributed by atoms with van der Waals surface area (Å²) in [5.74, 6) is 4.32. The Hall–Kier alpha value is -2.15. The first-order chi connectivity index (χ1) is 14.8. The maximum atomic E-state index is 7.64. The second-order valence-corrected chi connectivity index (χ2v) is 9.87. The Kier molecular flexibility index (Phi) is 9.75. The number of benzene rings is 1. The number of aryl methyl sites for hydroxylation is 2. The van der Waals surface area contributed by atoms with Gasteiger partial charge in [-0.2, -0.15) is 0 Å². The van der Waals surface area contributed by atoms with E-state index in [0.29, 0.717) is 0 Å². The van der Waals surface area contributed by atoms with E-state index in [0.717, 1.165) is 43.4 Å². The van der Waals surface area contributed by atoms with Crippen LogP contribution in [-0.2, 0) is 12.8 Å². The van der Waals surface area contributed by atoms with E-state index in [9.17, 15) is 0 Å². The summed E-state index contributed by atoms with van der Waals surface area (Å²) in [4.78, 5) is 0. The van der Waals surface area contributed by atoms with Crippen LogP contribution in [0.25, 0.3) is 0 Å². The fourth-order valence-electron chi connectivity index (χ4n) is 3.70. The molecule has 0 aromatic heterocycles. The zero-order valence-electron chi connectivity index (χ0n) is 19.5. The molecular weight excluding hydrogens is 402 g/mol. The topological polar surface area (TPSA) is 77.2 Å². The highest BCUT2D eigenvalue weighted by atomic mass is 32.2. The Balaban J connectivity index is 2.32. The minimum absolute atomic E-state index is 0.0510. The van der Waals surface area contributed by atoms with Crippen LogP contribution >= 0.6 is 10.9 Å². The van der Waals surface area contributed by atoms with E-state index in [2.05, 4.69) is 64.9 Å². The summed E-state index contributed by atoms with van der Waals surface area (Å²) in [5, 5.41) is 11.4. The number of rotatable bonds is 12. The van der Waals surface area contributed by atoms with Gasteiger partial charge in [0.1, 0.15) is 5.84 Å². The van der Waals surface area contributed by atoms with Crippen molar-refractivity contribution in [3.05, 3.63) is 71.0 Å². The van der Waals surface area contributed by atoms with Crippen LogP contribution in [0, 0.1) is 5.41 Å². The molecule has 31 heavy (non-hydrogen) atoms. The van der Waals surface area contributed by atoms with E-state index in [1.54, 1.807) is 0 Å². The molecule has 1 aliphatic rings. The third kappa shape index (κ3) is 7.20. The highest BCUT2D eigenvalue weighted by Gasteiger charge is 2.21. The highest BCUT2D eigenvalue weighted by molar-refractivity contribution is 8.10. The van der Waals surface area contributed by atoms with Crippen molar-refractivity contribution in [2.45, 2.75) is 58.0 Å². The minimum Gasteiger partial charge on any atom is -0.384 e. The molecule has 3 unspecified atom stereocenters. The van der Waals surface area contributed by atoms with Crippen LogP contribution in [0.3, 0.4) is 0 Å². The summed E-state index contributed by atoms with van der Waals surface area (Å²) in [6.07, 6.45) is 11.3. The van der Waals surface area contributed by atoms with Gasteiger partial charge in [0.2, 0.25) is 0 Å². The molecule has 0 saturated heterocycles. The zero-order chi connectivity index (χ0) is 23.0. The first kappa shape index (κ1) is 25.1. The average Bonchev–Trinajstić information content (AvgIpc) is 2.73. The molecule has 170 valence electrons. The fraction of sp³-hybridized carbons (Fsp3) is 0.440. The molecule has 1 aromatic carbocycles. The quantitative estimate of drug-likeness (QED) is 0.217. The summed E-state index contributed by atoms with van der Waals surface area (Å²) in [5.41, 5.74) is 11.4. The fourth-order valence-corrected chi connectivity index (χ4v) is 4.30. The summed E-state index contributed by atoms with van der Waals surface area (Å²) >= 11 is 0. The van der Waals surface area contributed by atoms with E-state index in [4.69, 9.17) is 11.1 Å². The van der Waals surface area contributed by atoms with E-state index in [1.165, 1.54) is 16.7 Å². The third-order valence-electron chi connectivity index (χ3n) is 5.43. The lowest BCUT2D eigenvalue weighted by atomic mass is 9.93. The molecule has 0 fully saturated rings. The smallest absolute Gasteiger partial charge is 0.122 e. The van der Waals surface area contributed by atoms with Crippen LogP contribution in [0.15, 0.2) is 54.3 Å². The normalized spacial score (nSPS) is 17.8. The Morgan fingerprint density at radius 2 is 1.94 bits per heavy atom. The Labute approximate surface area is 191 Å². The van der Waals surface area contributed by atoms with Crippen LogP contribution < -0.4 is 15.8 Å². The molecule has 0 heterocycles. The van der Waals surface area contributed by atoms with E-state index in [1.807, 2.05) is 26.2 Å². The van der Waals surface area contributed by atoms with Gasteiger partial charge in [-0.1, -0.05) is 69.7 Å². The molecule has 1 aliphatic carbocycles. The number of hydrogen-bond donors (Lipinski definition) is 4. The van der Waals surface area contributed by atoms with Crippen molar-refractivity contribution in [2.24, 2.45) is 5.73 Å². The summed E-state index contributed by atoms with van der Waals surface area (Å²) in [7, 11) is 3.66. The number of nitrogens with one attached hydrogen (secondary N) is 3. The van der Waals surface area contributed by atoms with Gasteiger partial charge < -0.3 is 10.5 Å². The molecule has 3 atom stereocenters. The molecule has 2 rings (SSSR count). The van der Waals surface area contributed by atoms with Gasteiger partial charge in [-0.3, -0.25) is 10.7 Å². The molecule has 0 amide bonds. The number of amidine groups is 1. The van der Waals surface area contributed by atoms with Crippen molar-refractivity contribution in [3.63, 3.8) is 0 Å². The molecule has 1 aromatic rings. The summed E-state index contributed by atoms with van der Waals surface area (Å²) < 4.78 is 5.53. The van der Waals surface area contributed by atoms with Gasteiger partial charge in [-0.05, 0) is 66.8 Å². The average molecular weight is 442 g/mol. The van der Waals surface area contributed by atoms with Crippen molar-refractivity contribution in [3.8, 4) is 0 Å². The number of nitrogens with two attached hydrogens (primary N) is 1. The van der Waals surface area contributed by atoms with Crippen LogP contribution in [-0.4, -0.2) is 36.1 Å². The van der Waals surface area contributed by atoms with E-state index in [-0.39, 0.29) is 28.8 Å². The van der Waals surface area contributed by atoms with Gasteiger partial charge in [-0.25, -0.2) is 4.31 Å². The minimum atomic E-state index is -0.362. The number of hydrogen-bond acceptors (Lipinski definition) is 4. The Morgan fingerprint density at radius 1 is 1.26 bits per heavy atom. The lowest BCUT2D eigenvalue weighted by Gasteiger charge is -2.30. The monoisotopic (exact) mass is 441 g/mol. The highest BCUT2D eigenvalue weighted by Crippen LogP contribution is 2.27. The van der Waals surface area contributed by atoms with Gasteiger partial charge in [0.15, 0.2) is 0 Å². The standard InChI is InChI=1S/C25H39N5S/c1-7-9-19-11-12-22(17-21(19)10-8-2)24(18(3)29-31(6)30(4)5)28-23-15-13-20(14-16-23)25(26)27/h11-15,17,23-24,28-29H,3,6-10,16H2,1-2,4-5H3,(H3,26,27). The predicted octanol–water partition coefficient (Wildman–Crippen LogP) is 4.61. The molecule has 0 saturated carbocycles. The van der Waals surface area contributed by atoms with E-state index < -0.39 is 0 Å². The number of nitrogens with zero attached hydrogens (tertiary/aromatic N) is 1. The van der Waals surface area contributed by atoms with Crippen molar-refractivity contribution < 1.29 is 0 Å². The predicted molar refractivity (Wildman–Crippen MR) is 139 cm³/mol. The second-order valence-electron chi connectivity index (χ2n) is 8.21. The van der Waals surface area contributed by atoms with Gasteiger partial charge >= 0.3 is 0 Å². The van der Waals surface area contributed by atoms with Crippen LogP contribution in [0.2, 0.25) is 0 Å². The summed E-state index contributed by atoms with van der Waals surface area (Å²) in [6.45, 7) is 8.83. The van der Waals surface area contributed by atoms with Crippen molar-refractivity contribution in [1.82, 2.24) is 14.3 Å². The van der Waals surface area contributed by atoms with Crippen molar-refractivity contribution in [2.75, 3.05) is 14.1 Å².